The Morgan fingerprint density at radius 3 is 2.45 bits per heavy atom. The van der Waals surface area contributed by atoms with Gasteiger partial charge in [-0.1, -0.05) is 21.5 Å². The summed E-state index contributed by atoms with van der Waals surface area (Å²) >= 11 is 2.62. The van der Waals surface area contributed by atoms with Crippen LogP contribution in [0, 0.1) is 4.51 Å². The van der Waals surface area contributed by atoms with Gasteiger partial charge < -0.3 is 24.2 Å². The first-order valence-electron chi connectivity index (χ1n) is 13.6. The minimum Gasteiger partial charge on any atom is -0.444 e. The molecule has 3 heterocycles. The van der Waals surface area contributed by atoms with E-state index in [0.29, 0.717) is 12.5 Å². The predicted octanol–water partition coefficient (Wildman–Crippen LogP) is 6.29. The van der Waals surface area contributed by atoms with E-state index in [-0.39, 0.29) is 13.7 Å². The Morgan fingerprint density at radius 1 is 1.00 bits per heavy atom. The molecule has 0 aromatic heterocycles. The molecular weight excluding hydrogens is 611 g/mol. The molecule has 1 unspecified atom stereocenters. The quantitative estimate of drug-likeness (QED) is 0.289. The number of ether oxygens (including phenoxy) is 2. The summed E-state index contributed by atoms with van der Waals surface area (Å²) in [4.78, 5) is 25.9. The number of halogens is 1. The third-order valence-electron chi connectivity index (χ3n) is 7.16. The molecule has 38 heavy (non-hydrogen) atoms. The van der Waals surface area contributed by atoms with E-state index < -0.39 is 5.60 Å². The highest BCUT2D eigenvalue weighted by atomic mass is 127. The first-order valence-corrected chi connectivity index (χ1v) is 17.4. The molecule has 2 fully saturated rings. The summed E-state index contributed by atoms with van der Waals surface area (Å²) < 4.78 is 12.5. The fourth-order valence-electron chi connectivity index (χ4n) is 5.17. The molecule has 7 nitrogen and oxygen atoms in total. The average Bonchev–Trinajstić information content (AvgIpc) is 3.14. The van der Waals surface area contributed by atoms with Crippen molar-refractivity contribution in [3.63, 3.8) is 0 Å². The summed E-state index contributed by atoms with van der Waals surface area (Å²) in [5.74, 6) is 0.361. The van der Waals surface area contributed by atoms with Crippen molar-refractivity contribution in [1.82, 2.24) is 4.90 Å². The summed E-state index contributed by atoms with van der Waals surface area (Å²) in [5.41, 5.74) is 4.44. The molecule has 1 atom stereocenters. The fourth-order valence-corrected chi connectivity index (χ4v) is 8.56. The van der Waals surface area contributed by atoms with Crippen molar-refractivity contribution in [2.24, 2.45) is 4.99 Å². The summed E-state index contributed by atoms with van der Waals surface area (Å²) in [6, 6.07) is 11.4. The molecule has 206 valence electrons. The van der Waals surface area contributed by atoms with Gasteiger partial charge in [-0.2, -0.15) is 0 Å². The largest absolute Gasteiger partial charge is 0.444 e. The van der Waals surface area contributed by atoms with E-state index in [1.165, 1.54) is 26.3 Å². The summed E-state index contributed by atoms with van der Waals surface area (Å²) in [7, 11) is -0.119. The van der Waals surface area contributed by atoms with Crippen molar-refractivity contribution in [2.45, 2.75) is 57.5 Å². The van der Waals surface area contributed by atoms with Gasteiger partial charge in [0.25, 0.3) is 0 Å². The molecule has 0 radical (unpaired) electrons. The number of anilines is 2. The minimum absolute atomic E-state index is 0.119. The number of fused-ring (bicyclic) bond motifs is 2. The van der Waals surface area contributed by atoms with Crippen molar-refractivity contribution in [1.29, 1.82) is 0 Å². The van der Waals surface area contributed by atoms with Crippen LogP contribution in [0.25, 0.3) is 0 Å². The molecule has 0 spiro atoms. The number of hydrogen-bond donors (Lipinski definition) is 0. The van der Waals surface area contributed by atoms with E-state index in [1.54, 1.807) is 0 Å². The second-order valence-corrected chi connectivity index (χ2v) is 15.5. The van der Waals surface area contributed by atoms with Crippen LogP contribution in [0.15, 0.2) is 40.2 Å². The standard InChI is InChI=1S/C29H39IN4O3S/c1-20(2)23-17-22(32-9-6-10-34(12-11-32)28(35)37-29(3,4)5)19-26-27(23)31-24-8-7-21(18-25(24)38(26)30)33-13-15-36-16-14-33/h7-8,17-20H,6,9-16H2,1-5H3. The number of hydrogen-bond acceptors (Lipinski definition) is 6. The van der Waals surface area contributed by atoms with Crippen LogP contribution in [0.3, 0.4) is 0 Å². The van der Waals surface area contributed by atoms with Gasteiger partial charge in [0.1, 0.15) is 5.60 Å². The summed E-state index contributed by atoms with van der Waals surface area (Å²) in [6.45, 7) is 16.8. The maximum atomic E-state index is 12.7. The van der Waals surface area contributed by atoms with Gasteiger partial charge in [0.05, 0.1) is 24.3 Å². The molecule has 2 saturated heterocycles. The molecule has 0 saturated carbocycles. The van der Waals surface area contributed by atoms with Crippen molar-refractivity contribution < 1.29 is 14.3 Å². The lowest BCUT2D eigenvalue weighted by molar-refractivity contribution is 0.0263. The second-order valence-electron chi connectivity index (χ2n) is 11.5. The van der Waals surface area contributed by atoms with Gasteiger partial charge in [-0.3, -0.25) is 0 Å². The highest BCUT2D eigenvalue weighted by Gasteiger charge is 2.26. The molecule has 5 rings (SSSR count). The molecule has 9 heteroatoms. The lowest BCUT2D eigenvalue weighted by Gasteiger charge is -2.29. The zero-order valence-corrected chi connectivity index (χ0v) is 26.1. The van der Waals surface area contributed by atoms with Gasteiger partial charge in [0, 0.05) is 60.0 Å². The third kappa shape index (κ3) is 5.99. The van der Waals surface area contributed by atoms with E-state index in [9.17, 15) is 4.79 Å². The van der Waals surface area contributed by atoms with Crippen molar-refractivity contribution >= 4 is 52.0 Å². The minimum atomic E-state index is -0.481. The Labute approximate surface area is 240 Å². The number of amides is 1. The number of carbonyl (C=O) groups excluding carboxylic acids is 1. The van der Waals surface area contributed by atoms with E-state index in [1.807, 2.05) is 25.7 Å². The van der Waals surface area contributed by atoms with E-state index in [2.05, 4.69) is 75.2 Å². The van der Waals surface area contributed by atoms with Crippen LogP contribution in [0.2, 0.25) is 0 Å². The lowest BCUT2D eigenvalue weighted by Crippen LogP contribution is -2.39. The topological polar surface area (TPSA) is 57.6 Å². The molecule has 3 aliphatic rings. The van der Waals surface area contributed by atoms with Gasteiger partial charge in [0.2, 0.25) is 0 Å². The Kier molecular flexibility index (Phi) is 8.26. The van der Waals surface area contributed by atoms with Crippen LogP contribution in [0.1, 0.15) is 52.5 Å². The highest BCUT2D eigenvalue weighted by molar-refractivity contribution is 14.2. The molecule has 0 N–H and O–H groups in total. The van der Waals surface area contributed by atoms with Crippen LogP contribution >= 0.6 is 28.9 Å². The Morgan fingerprint density at radius 2 is 1.74 bits per heavy atom. The normalized spacial score (nSPS) is 20.0. The number of rotatable bonds is 3. The number of carbonyl (C=O) groups is 1. The Bertz CT molecular complexity index is 1330. The van der Waals surface area contributed by atoms with Crippen LogP contribution in [0.4, 0.5) is 21.9 Å². The third-order valence-corrected chi connectivity index (χ3v) is 11.4. The SMILES string of the molecule is CC(C)c1cc(N2CCCN(C(=O)OC(C)(C)C)CC2)cc2c1N=c1ccc(N3CCOCC3)cc1=S2I. The van der Waals surface area contributed by atoms with E-state index in [4.69, 9.17) is 14.5 Å². The van der Waals surface area contributed by atoms with Crippen LogP contribution < -0.4 is 15.2 Å². The average molecular weight is 651 g/mol. The number of nitrogens with zero attached hydrogens (tertiary/aromatic N) is 4. The van der Waals surface area contributed by atoms with Crippen molar-refractivity contribution in [3.05, 3.63) is 45.8 Å². The van der Waals surface area contributed by atoms with Crippen LogP contribution in [-0.4, -0.2) is 69.1 Å². The van der Waals surface area contributed by atoms with Crippen LogP contribution in [0.5, 0.6) is 0 Å². The predicted molar refractivity (Wildman–Crippen MR) is 164 cm³/mol. The van der Waals surface area contributed by atoms with E-state index in [0.717, 1.165) is 63.4 Å². The lowest BCUT2D eigenvalue weighted by atomic mass is 9.99. The fraction of sp³-hybridized carbons (Fsp3) is 0.552. The molecule has 0 bridgehead atoms. The monoisotopic (exact) mass is 650 g/mol. The van der Waals surface area contributed by atoms with Crippen LogP contribution in [-0.2, 0) is 9.47 Å². The van der Waals surface area contributed by atoms with Gasteiger partial charge in [-0.25, -0.2) is 9.79 Å². The molecule has 0 aliphatic carbocycles. The molecule has 2 aromatic carbocycles. The van der Waals surface area contributed by atoms with Crippen molar-refractivity contribution in [2.75, 3.05) is 62.3 Å². The van der Waals surface area contributed by atoms with Gasteiger partial charge >= 0.3 is 6.09 Å². The maximum absolute atomic E-state index is 12.7. The van der Waals surface area contributed by atoms with Gasteiger partial charge in [0.15, 0.2) is 0 Å². The van der Waals surface area contributed by atoms with Gasteiger partial charge in [-0.05, 0) is 90.2 Å². The molecular formula is C29H39IN4O3S. The summed E-state index contributed by atoms with van der Waals surface area (Å²) in [5, 5.41) is 1.09. The Balaban J connectivity index is 1.47. The first-order chi connectivity index (χ1) is 18.1. The highest BCUT2D eigenvalue weighted by Crippen LogP contribution is 2.49. The molecule has 2 aromatic rings. The summed E-state index contributed by atoms with van der Waals surface area (Å²) in [6.07, 6.45) is 0.701. The zero-order chi connectivity index (χ0) is 27.0. The molecule has 1 amide bonds. The molecule has 3 aliphatic heterocycles. The van der Waals surface area contributed by atoms with E-state index >= 15 is 0 Å². The Hall–Kier alpha value is -1.85. The number of benzene rings is 2. The first kappa shape index (κ1) is 27.7. The number of morpholine rings is 1. The smallest absolute Gasteiger partial charge is 0.410 e. The maximum Gasteiger partial charge on any atom is 0.410 e. The van der Waals surface area contributed by atoms with Gasteiger partial charge in [-0.15, -0.1) is 0 Å². The zero-order valence-electron chi connectivity index (χ0n) is 23.1. The second kappa shape index (κ2) is 11.3. The van der Waals surface area contributed by atoms with Crippen molar-refractivity contribution in [3.8, 4) is 0 Å².